The Balaban J connectivity index is 1.70. The third-order valence-corrected chi connectivity index (χ3v) is 7.55. The minimum atomic E-state index is -4.40. The molecule has 0 aliphatic carbocycles. The molecule has 30 heavy (non-hydrogen) atoms. The Morgan fingerprint density at radius 1 is 1.10 bits per heavy atom. The van der Waals surface area contributed by atoms with Crippen molar-refractivity contribution in [1.82, 2.24) is 4.90 Å². The zero-order valence-corrected chi connectivity index (χ0v) is 17.2. The van der Waals surface area contributed by atoms with Crippen LogP contribution >= 0.6 is 0 Å². The van der Waals surface area contributed by atoms with Gasteiger partial charge in [0.05, 0.1) is 28.4 Å². The summed E-state index contributed by atoms with van der Waals surface area (Å²) in [6.45, 7) is 1.18. The van der Waals surface area contributed by atoms with E-state index in [0.29, 0.717) is 38.0 Å². The third kappa shape index (κ3) is 4.84. The molecule has 0 aromatic heterocycles. The molecule has 0 spiro atoms. The number of nitrogens with zero attached hydrogens (tertiary/aromatic N) is 1. The number of carbonyl (C=O) groups excluding carboxylic acids is 1. The Morgan fingerprint density at radius 2 is 1.77 bits per heavy atom. The van der Waals surface area contributed by atoms with Gasteiger partial charge in [-0.2, -0.15) is 13.2 Å². The van der Waals surface area contributed by atoms with E-state index in [1.165, 1.54) is 25.3 Å². The van der Waals surface area contributed by atoms with Gasteiger partial charge in [0.25, 0.3) is 0 Å². The zero-order valence-electron chi connectivity index (χ0n) is 16.4. The van der Waals surface area contributed by atoms with Crippen molar-refractivity contribution in [2.24, 2.45) is 0 Å². The largest absolute Gasteiger partial charge is 0.465 e. The summed E-state index contributed by atoms with van der Waals surface area (Å²) in [4.78, 5) is 13.8. The number of hydrogen-bond acceptors (Lipinski definition) is 5. The second kappa shape index (κ2) is 8.77. The van der Waals surface area contributed by atoms with E-state index in [9.17, 15) is 26.4 Å². The van der Waals surface area contributed by atoms with Crippen molar-refractivity contribution in [3.8, 4) is 0 Å². The van der Waals surface area contributed by atoms with Crippen molar-refractivity contribution in [2.45, 2.75) is 35.7 Å². The number of carbonyl (C=O) groups is 1. The van der Waals surface area contributed by atoms with Crippen LogP contribution in [0.15, 0.2) is 53.4 Å². The lowest BCUT2D eigenvalue weighted by molar-refractivity contribution is -0.137. The first-order chi connectivity index (χ1) is 14.1. The van der Waals surface area contributed by atoms with Gasteiger partial charge in [0, 0.05) is 6.54 Å². The van der Waals surface area contributed by atoms with Crippen LogP contribution in [-0.4, -0.2) is 44.7 Å². The summed E-state index contributed by atoms with van der Waals surface area (Å²) < 4.78 is 69.6. The number of hydrogen-bond donors (Lipinski definition) is 0. The van der Waals surface area contributed by atoms with Crippen LogP contribution in [0.2, 0.25) is 0 Å². The van der Waals surface area contributed by atoms with Crippen molar-refractivity contribution >= 4 is 15.8 Å². The summed E-state index contributed by atoms with van der Waals surface area (Å²) in [5.74, 6) is -0.712. The number of methoxy groups -OCH3 is 1. The Hall–Kier alpha value is -2.39. The van der Waals surface area contributed by atoms with Crippen LogP contribution in [0.3, 0.4) is 0 Å². The van der Waals surface area contributed by atoms with E-state index in [4.69, 9.17) is 0 Å². The minimum Gasteiger partial charge on any atom is -0.465 e. The normalized spacial score (nSPS) is 16.4. The minimum absolute atomic E-state index is 0.00592. The quantitative estimate of drug-likeness (QED) is 0.658. The molecule has 0 amide bonds. The lowest BCUT2D eigenvalue weighted by Gasteiger charge is -2.32. The number of ether oxygens (including phenoxy) is 1. The summed E-state index contributed by atoms with van der Waals surface area (Å²) >= 11 is 0. The van der Waals surface area contributed by atoms with Gasteiger partial charge in [-0.25, -0.2) is 13.2 Å². The summed E-state index contributed by atoms with van der Waals surface area (Å²) in [6.07, 6.45) is -3.74. The molecule has 0 atom stereocenters. The fourth-order valence-electron chi connectivity index (χ4n) is 3.65. The number of alkyl halides is 3. The smallest absolute Gasteiger partial charge is 0.416 e. The zero-order chi connectivity index (χ0) is 21.9. The fraction of sp³-hybridized carbons (Fsp3) is 0.381. The van der Waals surface area contributed by atoms with Gasteiger partial charge in [-0.1, -0.05) is 30.3 Å². The number of piperidine rings is 1. The van der Waals surface area contributed by atoms with Gasteiger partial charge in [0.15, 0.2) is 9.84 Å². The highest BCUT2D eigenvalue weighted by Gasteiger charge is 2.34. The van der Waals surface area contributed by atoms with E-state index in [-0.39, 0.29) is 10.5 Å². The summed E-state index contributed by atoms with van der Waals surface area (Å²) in [5, 5.41) is -0.666. The van der Waals surface area contributed by atoms with E-state index >= 15 is 0 Å². The van der Waals surface area contributed by atoms with Crippen LogP contribution in [0.1, 0.15) is 34.3 Å². The molecule has 1 aliphatic rings. The Bertz CT molecular complexity index is 1010. The van der Waals surface area contributed by atoms with Gasteiger partial charge < -0.3 is 4.74 Å². The van der Waals surface area contributed by atoms with Crippen LogP contribution in [0, 0.1) is 0 Å². The predicted molar refractivity (Wildman–Crippen MR) is 105 cm³/mol. The number of esters is 1. The topological polar surface area (TPSA) is 63.7 Å². The molecule has 9 heteroatoms. The van der Waals surface area contributed by atoms with Crippen LogP contribution < -0.4 is 0 Å². The lowest BCUT2D eigenvalue weighted by atomic mass is 10.1. The van der Waals surface area contributed by atoms with Gasteiger partial charge in [-0.05, 0) is 49.7 Å². The predicted octanol–water partition coefficient (Wildman–Crippen LogP) is 3.93. The average molecular weight is 441 g/mol. The molecular formula is C21H22F3NO4S. The number of sulfone groups is 1. The van der Waals surface area contributed by atoms with Crippen LogP contribution in [-0.2, 0) is 27.3 Å². The summed E-state index contributed by atoms with van der Waals surface area (Å²) in [7, 11) is -2.55. The fourth-order valence-corrected chi connectivity index (χ4v) is 5.57. The monoisotopic (exact) mass is 441 g/mol. The highest BCUT2D eigenvalue weighted by molar-refractivity contribution is 7.92. The Kier molecular flexibility index (Phi) is 6.52. The van der Waals surface area contributed by atoms with Crippen molar-refractivity contribution < 1.29 is 31.1 Å². The standard InChI is InChI=1S/C21H22F3NO4S/c1-29-20(26)18-7-2-3-8-19(18)30(27,28)17-9-11-25(12-10-17)14-15-5-4-6-16(13-15)21(22,23)24/h2-8,13,17H,9-12,14H2,1H3. The van der Waals surface area contributed by atoms with Crippen molar-refractivity contribution in [3.63, 3.8) is 0 Å². The summed E-state index contributed by atoms with van der Waals surface area (Å²) in [6, 6.07) is 11.1. The van der Waals surface area contributed by atoms with Gasteiger partial charge in [-0.3, -0.25) is 4.90 Å². The number of likely N-dealkylation sites (tertiary alicyclic amines) is 1. The van der Waals surface area contributed by atoms with Crippen molar-refractivity contribution in [3.05, 3.63) is 65.2 Å². The molecule has 1 heterocycles. The molecule has 0 radical (unpaired) electrons. The van der Waals surface area contributed by atoms with Gasteiger partial charge >= 0.3 is 12.1 Å². The lowest BCUT2D eigenvalue weighted by Crippen LogP contribution is -2.39. The Labute approximate surface area is 173 Å². The first-order valence-corrected chi connectivity index (χ1v) is 11.0. The second-order valence-electron chi connectivity index (χ2n) is 7.21. The Morgan fingerprint density at radius 3 is 2.40 bits per heavy atom. The van der Waals surface area contributed by atoms with Gasteiger partial charge in [0.2, 0.25) is 0 Å². The molecule has 5 nitrogen and oxygen atoms in total. The maximum atomic E-state index is 13.1. The van der Waals surface area contributed by atoms with Crippen LogP contribution in [0.4, 0.5) is 13.2 Å². The number of rotatable bonds is 5. The first kappa shape index (κ1) is 22.3. The summed E-state index contributed by atoms with van der Waals surface area (Å²) in [5.41, 5.74) is -0.162. The van der Waals surface area contributed by atoms with Crippen molar-refractivity contribution in [2.75, 3.05) is 20.2 Å². The second-order valence-corrected chi connectivity index (χ2v) is 9.40. The third-order valence-electron chi connectivity index (χ3n) is 5.23. The molecule has 0 bridgehead atoms. The van der Waals surface area contributed by atoms with Gasteiger partial charge in [-0.15, -0.1) is 0 Å². The van der Waals surface area contributed by atoms with E-state index in [1.54, 1.807) is 18.2 Å². The van der Waals surface area contributed by atoms with E-state index in [0.717, 1.165) is 12.1 Å². The number of benzene rings is 2. The molecular weight excluding hydrogens is 419 g/mol. The van der Waals surface area contributed by atoms with E-state index in [2.05, 4.69) is 4.74 Å². The molecule has 0 N–H and O–H groups in total. The van der Waals surface area contributed by atoms with Gasteiger partial charge in [0.1, 0.15) is 0 Å². The molecule has 3 rings (SSSR count). The highest BCUT2D eigenvalue weighted by Crippen LogP contribution is 2.31. The number of halogens is 3. The molecule has 2 aromatic rings. The van der Waals surface area contributed by atoms with E-state index < -0.39 is 32.8 Å². The molecule has 162 valence electrons. The van der Waals surface area contributed by atoms with Crippen molar-refractivity contribution in [1.29, 1.82) is 0 Å². The maximum absolute atomic E-state index is 13.1. The molecule has 1 saturated heterocycles. The average Bonchev–Trinajstić information content (AvgIpc) is 2.73. The van der Waals surface area contributed by atoms with E-state index in [1.807, 2.05) is 4.90 Å². The molecule has 1 aliphatic heterocycles. The highest BCUT2D eigenvalue weighted by atomic mass is 32.2. The molecule has 1 fully saturated rings. The van der Waals surface area contributed by atoms with Crippen LogP contribution in [0.25, 0.3) is 0 Å². The molecule has 0 saturated carbocycles. The first-order valence-electron chi connectivity index (χ1n) is 9.42. The maximum Gasteiger partial charge on any atom is 0.416 e. The van der Waals surface area contributed by atoms with Crippen LogP contribution in [0.5, 0.6) is 0 Å². The molecule has 0 unspecified atom stereocenters. The SMILES string of the molecule is COC(=O)c1ccccc1S(=O)(=O)C1CCN(Cc2cccc(C(F)(F)F)c2)CC1. The molecule has 2 aromatic carbocycles.